The van der Waals surface area contributed by atoms with E-state index in [0.717, 1.165) is 11.3 Å². The van der Waals surface area contributed by atoms with Gasteiger partial charge in [0.15, 0.2) is 5.69 Å². The molecule has 0 amide bonds. The van der Waals surface area contributed by atoms with Gasteiger partial charge >= 0.3 is 5.97 Å². The van der Waals surface area contributed by atoms with Gasteiger partial charge in [-0.25, -0.2) is 14.8 Å². The topological polar surface area (TPSA) is 69.4 Å². The summed E-state index contributed by atoms with van der Waals surface area (Å²) in [6, 6.07) is 5.64. The summed E-state index contributed by atoms with van der Waals surface area (Å²) in [5.74, 6) is 0.00421. The van der Waals surface area contributed by atoms with E-state index in [2.05, 4.69) is 15.0 Å². The molecular weight excluding hydrogens is 256 g/mol. The van der Waals surface area contributed by atoms with Crippen molar-refractivity contribution in [3.05, 3.63) is 48.7 Å². The van der Waals surface area contributed by atoms with Gasteiger partial charge in [0.1, 0.15) is 0 Å². The summed E-state index contributed by atoms with van der Waals surface area (Å²) in [4.78, 5) is 24.1. The number of fused-ring (bicyclic) bond motifs is 1. The molecule has 0 aromatic carbocycles. The summed E-state index contributed by atoms with van der Waals surface area (Å²) in [5, 5.41) is 0. The summed E-state index contributed by atoms with van der Waals surface area (Å²) >= 11 is 0. The number of nitrogens with zero attached hydrogens (tertiary/aromatic N) is 4. The highest BCUT2D eigenvalue weighted by atomic mass is 16.5. The lowest BCUT2D eigenvalue weighted by Gasteiger charge is -2.03. The van der Waals surface area contributed by atoms with E-state index in [1.54, 1.807) is 36.1 Å². The van der Waals surface area contributed by atoms with Crippen LogP contribution in [-0.2, 0) is 4.74 Å². The Morgan fingerprint density at radius 1 is 1.35 bits per heavy atom. The minimum absolute atomic E-state index is 0.246. The third-order valence-electron chi connectivity index (χ3n) is 2.81. The second kappa shape index (κ2) is 5.08. The predicted octanol–water partition coefficient (Wildman–Crippen LogP) is 1.97. The maximum atomic E-state index is 11.7. The van der Waals surface area contributed by atoms with E-state index in [1.165, 1.54) is 0 Å². The minimum atomic E-state index is -0.449. The lowest BCUT2D eigenvalue weighted by molar-refractivity contribution is 0.0520. The number of hydrogen-bond acceptors (Lipinski definition) is 5. The Morgan fingerprint density at radius 2 is 2.25 bits per heavy atom. The Kier molecular flexibility index (Phi) is 3.12. The fraction of sp³-hybridized carbons (Fsp3) is 0.143. The second-order valence-corrected chi connectivity index (χ2v) is 4.09. The van der Waals surface area contributed by atoms with Gasteiger partial charge in [0.05, 0.1) is 12.3 Å². The summed E-state index contributed by atoms with van der Waals surface area (Å²) in [7, 11) is 0. The fourth-order valence-electron chi connectivity index (χ4n) is 1.95. The molecule has 0 N–H and O–H groups in total. The van der Waals surface area contributed by atoms with Crippen molar-refractivity contribution in [2.45, 2.75) is 6.92 Å². The molecule has 0 bridgehead atoms. The maximum Gasteiger partial charge on any atom is 0.358 e. The molecule has 0 saturated heterocycles. The fourth-order valence-corrected chi connectivity index (χ4v) is 1.95. The SMILES string of the molecule is CCOC(=O)c1cn2c(-c3cccnc3)ccnc2n1. The van der Waals surface area contributed by atoms with Crippen LogP contribution in [0.25, 0.3) is 17.0 Å². The Hall–Kier alpha value is -2.76. The van der Waals surface area contributed by atoms with Crippen LogP contribution in [0.1, 0.15) is 17.4 Å². The molecule has 0 spiro atoms. The molecule has 0 aliphatic heterocycles. The van der Waals surface area contributed by atoms with Gasteiger partial charge < -0.3 is 4.74 Å². The van der Waals surface area contributed by atoms with Gasteiger partial charge in [-0.1, -0.05) is 0 Å². The van der Waals surface area contributed by atoms with E-state index in [1.807, 2.05) is 18.2 Å². The molecule has 3 aromatic rings. The van der Waals surface area contributed by atoms with Crippen molar-refractivity contribution < 1.29 is 9.53 Å². The summed E-state index contributed by atoms with van der Waals surface area (Å²) in [5.41, 5.74) is 2.04. The van der Waals surface area contributed by atoms with Gasteiger partial charge in [-0.2, -0.15) is 0 Å². The van der Waals surface area contributed by atoms with Crippen LogP contribution >= 0.6 is 0 Å². The van der Waals surface area contributed by atoms with Gasteiger partial charge in [-0.15, -0.1) is 0 Å². The number of hydrogen-bond donors (Lipinski definition) is 0. The average molecular weight is 268 g/mol. The number of ether oxygens (including phenoxy) is 1. The third kappa shape index (κ3) is 2.11. The Balaban J connectivity index is 2.13. The molecular formula is C14H12N4O2. The molecule has 6 heteroatoms. The molecule has 20 heavy (non-hydrogen) atoms. The standard InChI is InChI=1S/C14H12N4O2/c1-2-20-13(19)11-9-18-12(5-7-16-14(18)17-11)10-4-3-6-15-8-10/h3-9H,2H2,1H3. The molecule has 0 unspecified atom stereocenters. The summed E-state index contributed by atoms with van der Waals surface area (Å²) in [6.45, 7) is 2.07. The van der Waals surface area contributed by atoms with Gasteiger partial charge in [-0.3, -0.25) is 9.38 Å². The average Bonchev–Trinajstić information content (AvgIpc) is 2.92. The lowest BCUT2D eigenvalue weighted by atomic mass is 10.2. The Labute approximate surface area is 115 Å². The van der Waals surface area contributed by atoms with Gasteiger partial charge in [0.25, 0.3) is 0 Å². The molecule has 0 fully saturated rings. The first-order valence-electron chi connectivity index (χ1n) is 6.21. The van der Waals surface area contributed by atoms with Crippen LogP contribution in [0.3, 0.4) is 0 Å². The highest BCUT2D eigenvalue weighted by Crippen LogP contribution is 2.19. The van der Waals surface area contributed by atoms with E-state index in [9.17, 15) is 4.79 Å². The van der Waals surface area contributed by atoms with Crippen LogP contribution < -0.4 is 0 Å². The molecule has 3 aromatic heterocycles. The first kappa shape index (κ1) is 12.3. The van der Waals surface area contributed by atoms with Crippen molar-refractivity contribution in [2.75, 3.05) is 6.61 Å². The molecule has 0 aliphatic carbocycles. The zero-order valence-electron chi connectivity index (χ0n) is 10.9. The number of aromatic nitrogens is 4. The first-order chi connectivity index (χ1) is 9.79. The number of pyridine rings is 1. The van der Waals surface area contributed by atoms with Crippen molar-refractivity contribution >= 4 is 11.7 Å². The molecule has 0 saturated carbocycles. The van der Waals surface area contributed by atoms with Crippen molar-refractivity contribution in [2.24, 2.45) is 0 Å². The van der Waals surface area contributed by atoms with Crippen LogP contribution in [0.5, 0.6) is 0 Å². The molecule has 3 rings (SSSR count). The van der Waals surface area contributed by atoms with Gasteiger partial charge in [-0.05, 0) is 25.1 Å². The van der Waals surface area contributed by atoms with Crippen LogP contribution in [0, 0.1) is 0 Å². The maximum absolute atomic E-state index is 11.7. The number of carbonyl (C=O) groups excluding carboxylic acids is 1. The lowest BCUT2D eigenvalue weighted by Crippen LogP contribution is -2.04. The molecule has 6 nitrogen and oxygen atoms in total. The third-order valence-corrected chi connectivity index (χ3v) is 2.81. The number of imidazole rings is 1. The second-order valence-electron chi connectivity index (χ2n) is 4.09. The van der Waals surface area contributed by atoms with E-state index in [0.29, 0.717) is 12.4 Å². The quantitative estimate of drug-likeness (QED) is 0.679. The largest absolute Gasteiger partial charge is 0.461 e. The summed E-state index contributed by atoms with van der Waals surface area (Å²) < 4.78 is 6.70. The van der Waals surface area contributed by atoms with E-state index in [4.69, 9.17) is 4.74 Å². The zero-order valence-corrected chi connectivity index (χ0v) is 10.9. The zero-order chi connectivity index (χ0) is 13.9. The highest BCUT2D eigenvalue weighted by molar-refractivity contribution is 5.88. The normalized spacial score (nSPS) is 10.7. The van der Waals surface area contributed by atoms with Crippen LogP contribution in [-0.4, -0.2) is 31.9 Å². The van der Waals surface area contributed by atoms with Crippen molar-refractivity contribution in [3.8, 4) is 11.3 Å². The molecule has 0 radical (unpaired) electrons. The monoisotopic (exact) mass is 268 g/mol. The van der Waals surface area contributed by atoms with Crippen molar-refractivity contribution in [3.63, 3.8) is 0 Å². The van der Waals surface area contributed by atoms with Gasteiger partial charge in [0.2, 0.25) is 5.78 Å². The molecule has 100 valence electrons. The van der Waals surface area contributed by atoms with E-state index >= 15 is 0 Å². The van der Waals surface area contributed by atoms with Crippen LogP contribution in [0.2, 0.25) is 0 Å². The first-order valence-corrected chi connectivity index (χ1v) is 6.21. The van der Waals surface area contributed by atoms with E-state index in [-0.39, 0.29) is 5.69 Å². The Morgan fingerprint density at radius 3 is 3.00 bits per heavy atom. The smallest absolute Gasteiger partial charge is 0.358 e. The molecule has 0 atom stereocenters. The van der Waals surface area contributed by atoms with Crippen molar-refractivity contribution in [1.82, 2.24) is 19.4 Å². The Bertz CT molecular complexity index is 752. The van der Waals surface area contributed by atoms with E-state index < -0.39 is 5.97 Å². The molecule has 3 heterocycles. The van der Waals surface area contributed by atoms with Crippen LogP contribution in [0.4, 0.5) is 0 Å². The van der Waals surface area contributed by atoms with Crippen LogP contribution in [0.15, 0.2) is 43.0 Å². The predicted molar refractivity (Wildman–Crippen MR) is 72.2 cm³/mol. The van der Waals surface area contributed by atoms with Gasteiger partial charge in [0, 0.05) is 30.4 Å². The number of carbonyl (C=O) groups is 1. The minimum Gasteiger partial charge on any atom is -0.461 e. The molecule has 0 aliphatic rings. The summed E-state index contributed by atoms with van der Waals surface area (Å²) in [6.07, 6.45) is 6.74. The highest BCUT2D eigenvalue weighted by Gasteiger charge is 2.14. The van der Waals surface area contributed by atoms with Crippen molar-refractivity contribution in [1.29, 1.82) is 0 Å². The number of rotatable bonds is 3. The number of esters is 1.